The molecule has 0 atom stereocenters. The van der Waals surface area contributed by atoms with Gasteiger partial charge in [-0.3, -0.25) is 4.79 Å². The molecule has 0 amide bonds. The number of aryl methyl sites for hydroxylation is 1. The van der Waals surface area contributed by atoms with Crippen LogP contribution < -0.4 is 4.74 Å². The Morgan fingerprint density at radius 1 is 0.968 bits per heavy atom. The molecule has 2 nitrogen and oxygen atoms in total. The van der Waals surface area contributed by atoms with Crippen LogP contribution in [0.5, 0.6) is 5.75 Å². The zero-order chi connectivity index (χ0) is 21.6. The number of fused-ring (bicyclic) bond motifs is 1. The van der Waals surface area contributed by atoms with Gasteiger partial charge < -0.3 is 4.74 Å². The van der Waals surface area contributed by atoms with Gasteiger partial charge in [-0.15, -0.1) is 0 Å². The van der Waals surface area contributed by atoms with Crippen LogP contribution >= 0.6 is 0 Å². The van der Waals surface area contributed by atoms with Crippen molar-refractivity contribution in [3.05, 3.63) is 106 Å². The van der Waals surface area contributed by atoms with E-state index in [1.807, 2.05) is 36.4 Å². The maximum Gasteiger partial charge on any atom is 0.173 e. The lowest BCUT2D eigenvalue weighted by Crippen LogP contribution is -2.43. The molecule has 0 radical (unpaired) electrons. The topological polar surface area (TPSA) is 26.3 Å². The number of ether oxygens (including phenoxy) is 1. The molecule has 1 aliphatic heterocycles. The molecule has 0 N–H and O–H groups in total. The SMILES string of the molecule is Cc1cccc2c1C(c1ccc(CC(=O)c3c(F)cccc3F)cc1)=CC1(CCC1)O2. The third-order valence-electron chi connectivity index (χ3n) is 6.30. The van der Waals surface area contributed by atoms with Gasteiger partial charge in [-0.05, 0) is 72.7 Å². The van der Waals surface area contributed by atoms with Gasteiger partial charge in [-0.2, -0.15) is 0 Å². The second kappa shape index (κ2) is 7.45. The summed E-state index contributed by atoms with van der Waals surface area (Å²) in [5.74, 6) is -1.31. The van der Waals surface area contributed by atoms with E-state index >= 15 is 0 Å². The molecular weight excluding hydrogens is 394 g/mol. The highest BCUT2D eigenvalue weighted by Gasteiger charge is 2.41. The van der Waals surface area contributed by atoms with Gasteiger partial charge in [0.05, 0.1) is 5.56 Å². The highest BCUT2D eigenvalue weighted by atomic mass is 19.1. The van der Waals surface area contributed by atoms with Crippen molar-refractivity contribution in [3.8, 4) is 5.75 Å². The summed E-state index contributed by atoms with van der Waals surface area (Å²) >= 11 is 0. The Kier molecular flexibility index (Phi) is 4.73. The summed E-state index contributed by atoms with van der Waals surface area (Å²) in [6.07, 6.45) is 5.34. The number of rotatable bonds is 4. The molecular formula is C27H22F2O2. The van der Waals surface area contributed by atoms with E-state index in [1.165, 1.54) is 6.07 Å². The van der Waals surface area contributed by atoms with E-state index in [2.05, 4.69) is 19.1 Å². The smallest absolute Gasteiger partial charge is 0.173 e. The Morgan fingerprint density at radius 2 is 1.65 bits per heavy atom. The third-order valence-corrected chi connectivity index (χ3v) is 6.30. The second-order valence-corrected chi connectivity index (χ2v) is 8.42. The lowest BCUT2D eigenvalue weighted by Gasteiger charge is -2.43. The van der Waals surface area contributed by atoms with E-state index in [0.717, 1.165) is 59.4 Å². The Hall–Kier alpha value is -3.27. The van der Waals surface area contributed by atoms with Crippen LogP contribution in [0.2, 0.25) is 0 Å². The zero-order valence-electron chi connectivity index (χ0n) is 17.3. The van der Waals surface area contributed by atoms with Crippen molar-refractivity contribution in [1.29, 1.82) is 0 Å². The minimum atomic E-state index is -0.827. The molecule has 2 aliphatic rings. The van der Waals surface area contributed by atoms with Crippen molar-refractivity contribution in [1.82, 2.24) is 0 Å². The fourth-order valence-corrected chi connectivity index (χ4v) is 4.49. The first kappa shape index (κ1) is 19.7. The van der Waals surface area contributed by atoms with Gasteiger partial charge >= 0.3 is 0 Å². The highest BCUT2D eigenvalue weighted by Crippen LogP contribution is 2.48. The summed E-state index contributed by atoms with van der Waals surface area (Å²) in [5.41, 5.74) is 4.43. The van der Waals surface area contributed by atoms with Crippen LogP contribution in [-0.4, -0.2) is 11.4 Å². The average molecular weight is 416 g/mol. The molecule has 5 rings (SSSR count). The standard InChI is InChI=1S/C27H22F2O2/c1-17-5-2-8-24-25(17)20(16-27(31-24)13-4-14-27)19-11-9-18(10-12-19)15-23(30)26-21(28)6-3-7-22(26)29/h2-3,5-12,16H,4,13-15H2,1H3. The minimum absolute atomic E-state index is 0.0557. The number of benzene rings is 3. The maximum atomic E-state index is 13.9. The molecule has 3 aromatic carbocycles. The van der Waals surface area contributed by atoms with E-state index in [4.69, 9.17) is 4.74 Å². The fraction of sp³-hybridized carbons (Fsp3) is 0.222. The first-order valence-corrected chi connectivity index (χ1v) is 10.5. The third kappa shape index (κ3) is 3.46. The van der Waals surface area contributed by atoms with Crippen LogP contribution in [0.25, 0.3) is 5.57 Å². The minimum Gasteiger partial charge on any atom is -0.483 e. The van der Waals surface area contributed by atoms with Crippen molar-refractivity contribution >= 4 is 11.4 Å². The summed E-state index contributed by atoms with van der Waals surface area (Å²) in [7, 11) is 0. The van der Waals surface area contributed by atoms with Crippen molar-refractivity contribution in [2.75, 3.05) is 0 Å². The zero-order valence-corrected chi connectivity index (χ0v) is 17.3. The second-order valence-electron chi connectivity index (χ2n) is 8.42. The van der Waals surface area contributed by atoms with E-state index < -0.39 is 23.0 Å². The maximum absolute atomic E-state index is 13.9. The van der Waals surface area contributed by atoms with Crippen LogP contribution in [0.15, 0.2) is 66.7 Å². The van der Waals surface area contributed by atoms with Gasteiger partial charge in [-0.1, -0.05) is 42.5 Å². The van der Waals surface area contributed by atoms with Crippen molar-refractivity contribution in [2.24, 2.45) is 0 Å². The van der Waals surface area contributed by atoms with Crippen molar-refractivity contribution in [2.45, 2.75) is 38.2 Å². The van der Waals surface area contributed by atoms with Crippen molar-refractivity contribution in [3.63, 3.8) is 0 Å². The molecule has 156 valence electrons. The number of carbonyl (C=O) groups excluding carboxylic acids is 1. The lowest BCUT2D eigenvalue weighted by molar-refractivity contribution is 0.0376. The highest BCUT2D eigenvalue weighted by molar-refractivity contribution is 5.98. The van der Waals surface area contributed by atoms with Gasteiger partial charge in [0.1, 0.15) is 23.0 Å². The van der Waals surface area contributed by atoms with E-state index in [0.29, 0.717) is 5.56 Å². The first-order valence-electron chi connectivity index (χ1n) is 10.5. The molecule has 31 heavy (non-hydrogen) atoms. The van der Waals surface area contributed by atoms with Gasteiger partial charge in [0.2, 0.25) is 0 Å². The predicted octanol–water partition coefficient (Wildman–Crippen LogP) is 6.45. The van der Waals surface area contributed by atoms with Gasteiger partial charge in [-0.25, -0.2) is 8.78 Å². The summed E-state index contributed by atoms with van der Waals surface area (Å²) in [5, 5.41) is 0. The number of halogens is 2. The number of carbonyl (C=O) groups is 1. The van der Waals surface area contributed by atoms with Gasteiger partial charge in [0, 0.05) is 12.0 Å². The monoisotopic (exact) mass is 416 g/mol. The van der Waals surface area contributed by atoms with E-state index in [1.54, 1.807) is 0 Å². The largest absolute Gasteiger partial charge is 0.483 e. The van der Waals surface area contributed by atoms with Crippen LogP contribution in [0.3, 0.4) is 0 Å². The van der Waals surface area contributed by atoms with Crippen LogP contribution in [0.1, 0.15) is 51.9 Å². The molecule has 1 heterocycles. The summed E-state index contributed by atoms with van der Waals surface area (Å²) in [6, 6.07) is 17.2. The summed E-state index contributed by atoms with van der Waals surface area (Å²) in [6.45, 7) is 2.07. The van der Waals surface area contributed by atoms with Crippen LogP contribution in [0, 0.1) is 18.6 Å². The lowest BCUT2D eigenvalue weighted by atomic mass is 9.75. The number of ketones is 1. The van der Waals surface area contributed by atoms with Crippen LogP contribution in [0.4, 0.5) is 8.78 Å². The Bertz CT molecular complexity index is 1180. The Balaban J connectivity index is 1.46. The molecule has 3 aromatic rings. The van der Waals surface area contributed by atoms with E-state index in [-0.39, 0.29) is 12.0 Å². The fourth-order valence-electron chi connectivity index (χ4n) is 4.49. The number of hydrogen-bond acceptors (Lipinski definition) is 2. The molecule has 1 fully saturated rings. The number of Topliss-reactive ketones (excluding diaryl/α,β-unsaturated/α-hetero) is 1. The first-order chi connectivity index (χ1) is 15.0. The molecule has 0 bridgehead atoms. The van der Waals surface area contributed by atoms with Crippen molar-refractivity contribution < 1.29 is 18.3 Å². The Morgan fingerprint density at radius 3 is 2.29 bits per heavy atom. The van der Waals surface area contributed by atoms with Crippen LogP contribution in [-0.2, 0) is 6.42 Å². The van der Waals surface area contributed by atoms with Gasteiger partial charge in [0.15, 0.2) is 5.78 Å². The van der Waals surface area contributed by atoms with Gasteiger partial charge in [0.25, 0.3) is 0 Å². The molecule has 1 saturated carbocycles. The molecule has 4 heteroatoms. The molecule has 0 unspecified atom stereocenters. The summed E-state index contributed by atoms with van der Waals surface area (Å²) in [4.78, 5) is 12.5. The number of hydrogen-bond donors (Lipinski definition) is 0. The average Bonchev–Trinajstić information content (AvgIpc) is 2.72. The predicted molar refractivity (Wildman–Crippen MR) is 116 cm³/mol. The quantitative estimate of drug-likeness (QED) is 0.457. The van der Waals surface area contributed by atoms with E-state index in [9.17, 15) is 13.6 Å². The summed E-state index contributed by atoms with van der Waals surface area (Å²) < 4.78 is 34.2. The molecule has 0 aromatic heterocycles. The molecule has 1 spiro atoms. The molecule has 1 aliphatic carbocycles. The molecule has 0 saturated heterocycles. The normalized spacial score (nSPS) is 16.2. The Labute approximate surface area is 180 Å².